The number of hydrogen-bond donors (Lipinski definition) is 2. The van der Waals surface area contributed by atoms with Crippen molar-refractivity contribution in [3.05, 3.63) is 23.8 Å². The second-order valence-electron chi connectivity index (χ2n) is 5.05. The maximum Gasteiger partial charge on any atom is 0.124 e. The molecule has 0 aliphatic heterocycles. The molecular weight excluding hydrogens is 214 g/mol. The average Bonchev–Trinajstić information content (AvgIpc) is 2.25. The molecule has 3 heteroatoms. The van der Waals surface area contributed by atoms with Gasteiger partial charge in [0, 0.05) is 6.04 Å². The SMILES string of the molecule is CC(C)CCN(C)C(C)c1c(O)cccc1O. The van der Waals surface area contributed by atoms with Crippen molar-refractivity contribution in [3.63, 3.8) is 0 Å². The van der Waals surface area contributed by atoms with Crippen molar-refractivity contribution in [2.24, 2.45) is 5.92 Å². The van der Waals surface area contributed by atoms with Gasteiger partial charge in [0.05, 0.1) is 5.56 Å². The lowest BCUT2D eigenvalue weighted by atomic mass is 10.0. The Morgan fingerprint density at radius 2 is 1.65 bits per heavy atom. The molecule has 0 radical (unpaired) electrons. The molecular formula is C14H23NO2. The van der Waals surface area contributed by atoms with Gasteiger partial charge in [-0.15, -0.1) is 0 Å². The summed E-state index contributed by atoms with van der Waals surface area (Å²) in [6, 6.07) is 4.88. The van der Waals surface area contributed by atoms with Crippen LogP contribution in [0.15, 0.2) is 18.2 Å². The molecule has 17 heavy (non-hydrogen) atoms. The molecule has 96 valence electrons. The monoisotopic (exact) mass is 237 g/mol. The number of benzene rings is 1. The number of phenolic OH excluding ortho intramolecular Hbond substituents is 2. The number of phenols is 2. The number of nitrogens with zero attached hydrogens (tertiary/aromatic N) is 1. The van der Waals surface area contributed by atoms with E-state index in [0.29, 0.717) is 11.5 Å². The maximum atomic E-state index is 9.80. The van der Waals surface area contributed by atoms with E-state index < -0.39 is 0 Å². The Morgan fingerprint density at radius 3 is 2.12 bits per heavy atom. The van der Waals surface area contributed by atoms with E-state index in [1.165, 1.54) is 0 Å². The molecule has 2 N–H and O–H groups in total. The van der Waals surface area contributed by atoms with Crippen molar-refractivity contribution in [2.75, 3.05) is 13.6 Å². The van der Waals surface area contributed by atoms with Gasteiger partial charge >= 0.3 is 0 Å². The lowest BCUT2D eigenvalue weighted by Crippen LogP contribution is -2.24. The highest BCUT2D eigenvalue weighted by Crippen LogP contribution is 2.34. The predicted molar refractivity (Wildman–Crippen MR) is 70.3 cm³/mol. The van der Waals surface area contributed by atoms with Gasteiger partial charge in [-0.3, -0.25) is 4.90 Å². The van der Waals surface area contributed by atoms with Crippen LogP contribution in [0.3, 0.4) is 0 Å². The second-order valence-corrected chi connectivity index (χ2v) is 5.05. The summed E-state index contributed by atoms with van der Waals surface area (Å²) in [5, 5.41) is 19.6. The summed E-state index contributed by atoms with van der Waals surface area (Å²) in [5.74, 6) is 0.977. The number of aromatic hydroxyl groups is 2. The summed E-state index contributed by atoms with van der Waals surface area (Å²) in [5.41, 5.74) is 0.610. The van der Waals surface area contributed by atoms with Gasteiger partial charge in [-0.05, 0) is 45.0 Å². The smallest absolute Gasteiger partial charge is 0.124 e. The fourth-order valence-corrected chi connectivity index (χ4v) is 1.85. The van der Waals surface area contributed by atoms with Crippen molar-refractivity contribution in [2.45, 2.75) is 33.2 Å². The minimum atomic E-state index is 0.00921. The Balaban J connectivity index is 2.78. The van der Waals surface area contributed by atoms with E-state index in [4.69, 9.17) is 0 Å². The van der Waals surface area contributed by atoms with Crippen LogP contribution in [0.2, 0.25) is 0 Å². The fourth-order valence-electron chi connectivity index (χ4n) is 1.85. The van der Waals surface area contributed by atoms with E-state index in [2.05, 4.69) is 18.7 Å². The second kappa shape index (κ2) is 5.92. The Morgan fingerprint density at radius 1 is 1.12 bits per heavy atom. The summed E-state index contributed by atoms with van der Waals surface area (Å²) in [4.78, 5) is 2.15. The third kappa shape index (κ3) is 3.63. The first kappa shape index (κ1) is 13.8. The van der Waals surface area contributed by atoms with Crippen molar-refractivity contribution < 1.29 is 10.2 Å². The fraction of sp³-hybridized carbons (Fsp3) is 0.571. The predicted octanol–water partition coefficient (Wildman–Crippen LogP) is 3.14. The molecule has 1 aromatic carbocycles. The molecule has 0 fully saturated rings. The molecule has 1 unspecified atom stereocenters. The van der Waals surface area contributed by atoms with E-state index in [0.717, 1.165) is 13.0 Å². The van der Waals surface area contributed by atoms with E-state index in [9.17, 15) is 10.2 Å². The lowest BCUT2D eigenvalue weighted by Gasteiger charge is -2.26. The first-order valence-corrected chi connectivity index (χ1v) is 6.14. The third-order valence-electron chi connectivity index (χ3n) is 3.20. The van der Waals surface area contributed by atoms with Crippen LogP contribution in [0.1, 0.15) is 38.8 Å². The van der Waals surface area contributed by atoms with Crippen LogP contribution in [0, 0.1) is 5.92 Å². The van der Waals surface area contributed by atoms with E-state index in [1.807, 2.05) is 14.0 Å². The van der Waals surface area contributed by atoms with Crippen LogP contribution in [-0.4, -0.2) is 28.7 Å². The van der Waals surface area contributed by atoms with Gasteiger partial charge in [0.15, 0.2) is 0 Å². The summed E-state index contributed by atoms with van der Waals surface area (Å²) in [6.45, 7) is 7.33. The molecule has 0 heterocycles. The molecule has 0 aromatic heterocycles. The Kier molecular flexibility index (Phi) is 4.82. The van der Waals surface area contributed by atoms with E-state index in [1.54, 1.807) is 18.2 Å². The van der Waals surface area contributed by atoms with Gasteiger partial charge in [0.2, 0.25) is 0 Å². The van der Waals surface area contributed by atoms with Crippen molar-refractivity contribution in [3.8, 4) is 11.5 Å². The van der Waals surface area contributed by atoms with Crippen molar-refractivity contribution >= 4 is 0 Å². The lowest BCUT2D eigenvalue weighted by molar-refractivity contribution is 0.237. The standard InChI is InChI=1S/C14H23NO2/c1-10(2)8-9-15(4)11(3)14-12(16)6-5-7-13(14)17/h5-7,10-11,16-17H,8-9H2,1-4H3. The van der Waals surface area contributed by atoms with Gasteiger partial charge in [-0.25, -0.2) is 0 Å². The molecule has 1 rings (SSSR count). The first-order valence-electron chi connectivity index (χ1n) is 6.14. The van der Waals surface area contributed by atoms with Gasteiger partial charge in [-0.1, -0.05) is 19.9 Å². The average molecular weight is 237 g/mol. The topological polar surface area (TPSA) is 43.7 Å². The molecule has 1 aromatic rings. The van der Waals surface area contributed by atoms with Gasteiger partial charge in [-0.2, -0.15) is 0 Å². The zero-order chi connectivity index (χ0) is 13.0. The summed E-state index contributed by atoms with van der Waals surface area (Å²) >= 11 is 0. The zero-order valence-corrected chi connectivity index (χ0v) is 11.1. The van der Waals surface area contributed by atoms with Crippen LogP contribution in [0.5, 0.6) is 11.5 Å². The van der Waals surface area contributed by atoms with E-state index >= 15 is 0 Å². The summed E-state index contributed by atoms with van der Waals surface area (Å²) in [6.07, 6.45) is 1.11. The van der Waals surface area contributed by atoms with Gasteiger partial charge in [0.1, 0.15) is 11.5 Å². The van der Waals surface area contributed by atoms with Crippen LogP contribution < -0.4 is 0 Å². The molecule has 0 bridgehead atoms. The molecule has 0 spiro atoms. The molecule has 3 nitrogen and oxygen atoms in total. The first-order chi connectivity index (χ1) is 7.93. The zero-order valence-electron chi connectivity index (χ0n) is 11.1. The Bertz CT molecular complexity index is 343. The maximum absolute atomic E-state index is 9.80. The molecule has 0 saturated carbocycles. The largest absolute Gasteiger partial charge is 0.507 e. The number of hydrogen-bond acceptors (Lipinski definition) is 3. The van der Waals surface area contributed by atoms with E-state index in [-0.39, 0.29) is 17.5 Å². The molecule has 0 saturated heterocycles. The van der Waals surface area contributed by atoms with Gasteiger partial charge in [0.25, 0.3) is 0 Å². The number of rotatable bonds is 5. The van der Waals surface area contributed by atoms with Crippen LogP contribution in [-0.2, 0) is 0 Å². The van der Waals surface area contributed by atoms with Crippen LogP contribution in [0.4, 0.5) is 0 Å². The quantitative estimate of drug-likeness (QED) is 0.827. The highest BCUT2D eigenvalue weighted by molar-refractivity contribution is 5.44. The molecule has 0 amide bonds. The highest BCUT2D eigenvalue weighted by Gasteiger charge is 2.18. The van der Waals surface area contributed by atoms with Crippen LogP contribution in [0.25, 0.3) is 0 Å². The van der Waals surface area contributed by atoms with Crippen LogP contribution >= 0.6 is 0 Å². The van der Waals surface area contributed by atoms with Gasteiger partial charge < -0.3 is 10.2 Å². The summed E-state index contributed by atoms with van der Waals surface area (Å²) < 4.78 is 0. The minimum absolute atomic E-state index is 0.00921. The molecule has 1 atom stereocenters. The third-order valence-corrected chi connectivity index (χ3v) is 3.20. The Hall–Kier alpha value is -1.22. The highest BCUT2D eigenvalue weighted by atomic mass is 16.3. The molecule has 0 aliphatic carbocycles. The molecule has 0 aliphatic rings. The van der Waals surface area contributed by atoms with Crippen molar-refractivity contribution in [1.82, 2.24) is 4.90 Å². The van der Waals surface area contributed by atoms with Crippen molar-refractivity contribution in [1.29, 1.82) is 0 Å². The Labute approximate surface area is 104 Å². The normalized spacial score (nSPS) is 13.3. The summed E-state index contributed by atoms with van der Waals surface area (Å²) in [7, 11) is 2.01. The minimum Gasteiger partial charge on any atom is -0.507 e.